The van der Waals surface area contributed by atoms with Gasteiger partial charge in [-0.2, -0.15) is 0 Å². The average Bonchev–Trinajstić information content (AvgIpc) is 2.05. The molecule has 4 heteroatoms. The minimum atomic E-state index is -0.198. The number of hydrogen-bond donors (Lipinski definition) is 0. The van der Waals surface area contributed by atoms with Gasteiger partial charge in [-0.25, -0.2) is 0 Å². The summed E-state index contributed by atoms with van der Waals surface area (Å²) in [6.07, 6.45) is 1.27. The Hall–Kier alpha value is -1.29. The lowest BCUT2D eigenvalue weighted by Gasteiger charge is -1.99. The third kappa shape index (κ3) is 1.85. The fraction of sp³-hybridized carbons (Fsp3) is 0.375. The summed E-state index contributed by atoms with van der Waals surface area (Å²) < 4.78 is 14.5. The van der Waals surface area contributed by atoms with Crippen LogP contribution in [0.5, 0.6) is 5.75 Å². The largest absolute Gasteiger partial charge is 0.490 e. The molecule has 1 aromatic rings. The molecule has 1 rings (SSSR count). The van der Waals surface area contributed by atoms with E-state index in [9.17, 15) is 4.79 Å². The summed E-state index contributed by atoms with van der Waals surface area (Å²) in [5.41, 5.74) is -0.198. The zero-order valence-electron chi connectivity index (χ0n) is 6.99. The van der Waals surface area contributed by atoms with Crippen LogP contribution in [0.4, 0.5) is 0 Å². The molecular formula is C8H10O4. The number of rotatable bonds is 3. The summed E-state index contributed by atoms with van der Waals surface area (Å²) in [6, 6.07) is 1.35. The molecule has 0 radical (unpaired) electrons. The van der Waals surface area contributed by atoms with Gasteiger partial charge in [0, 0.05) is 13.2 Å². The fourth-order valence-corrected chi connectivity index (χ4v) is 0.805. The van der Waals surface area contributed by atoms with E-state index in [1.165, 1.54) is 26.5 Å². The zero-order valence-corrected chi connectivity index (χ0v) is 6.99. The van der Waals surface area contributed by atoms with Crippen LogP contribution in [0.3, 0.4) is 0 Å². The first kappa shape index (κ1) is 8.80. The highest BCUT2D eigenvalue weighted by Crippen LogP contribution is 2.05. The highest BCUT2D eigenvalue weighted by molar-refractivity contribution is 5.16. The first-order valence-corrected chi connectivity index (χ1v) is 3.42. The molecule has 66 valence electrons. The monoisotopic (exact) mass is 170 g/mol. The average molecular weight is 170 g/mol. The number of hydrogen-bond acceptors (Lipinski definition) is 4. The van der Waals surface area contributed by atoms with Crippen molar-refractivity contribution in [2.24, 2.45) is 0 Å². The molecule has 0 aliphatic heterocycles. The van der Waals surface area contributed by atoms with Crippen LogP contribution in [0.1, 0.15) is 5.76 Å². The van der Waals surface area contributed by atoms with Crippen molar-refractivity contribution in [1.82, 2.24) is 0 Å². The first-order valence-electron chi connectivity index (χ1n) is 3.42. The number of methoxy groups -OCH3 is 2. The van der Waals surface area contributed by atoms with Crippen molar-refractivity contribution in [2.45, 2.75) is 6.61 Å². The van der Waals surface area contributed by atoms with E-state index < -0.39 is 0 Å². The van der Waals surface area contributed by atoms with Crippen molar-refractivity contribution in [3.8, 4) is 5.75 Å². The van der Waals surface area contributed by atoms with Gasteiger partial charge in [-0.3, -0.25) is 4.79 Å². The molecule has 0 spiro atoms. The smallest absolute Gasteiger partial charge is 0.227 e. The van der Waals surface area contributed by atoms with Crippen molar-refractivity contribution in [1.29, 1.82) is 0 Å². The Kier molecular flexibility index (Phi) is 2.88. The minimum Gasteiger partial charge on any atom is -0.490 e. The van der Waals surface area contributed by atoms with Gasteiger partial charge in [0.2, 0.25) is 11.2 Å². The van der Waals surface area contributed by atoms with Crippen LogP contribution < -0.4 is 10.2 Å². The van der Waals surface area contributed by atoms with E-state index in [-0.39, 0.29) is 11.2 Å². The van der Waals surface area contributed by atoms with Crippen molar-refractivity contribution >= 4 is 0 Å². The van der Waals surface area contributed by atoms with Crippen molar-refractivity contribution < 1.29 is 13.9 Å². The SMILES string of the molecule is COCc1cc(=O)c(OC)co1. The maximum absolute atomic E-state index is 11.1. The van der Waals surface area contributed by atoms with Crippen molar-refractivity contribution in [2.75, 3.05) is 14.2 Å². The van der Waals surface area contributed by atoms with Crippen LogP contribution in [0.25, 0.3) is 0 Å². The van der Waals surface area contributed by atoms with E-state index in [0.717, 1.165) is 0 Å². The van der Waals surface area contributed by atoms with Gasteiger partial charge in [0.05, 0.1) is 7.11 Å². The molecule has 0 bridgehead atoms. The molecule has 0 saturated carbocycles. The Morgan fingerprint density at radius 2 is 2.25 bits per heavy atom. The molecule has 0 N–H and O–H groups in total. The Bertz CT molecular complexity index is 302. The normalized spacial score (nSPS) is 9.83. The maximum atomic E-state index is 11.1. The van der Waals surface area contributed by atoms with Gasteiger partial charge in [0.1, 0.15) is 18.6 Å². The highest BCUT2D eigenvalue weighted by atomic mass is 16.5. The molecule has 12 heavy (non-hydrogen) atoms. The third-order valence-electron chi connectivity index (χ3n) is 1.36. The van der Waals surface area contributed by atoms with Crippen LogP contribution in [0, 0.1) is 0 Å². The van der Waals surface area contributed by atoms with Gasteiger partial charge in [0.15, 0.2) is 0 Å². The van der Waals surface area contributed by atoms with Crippen LogP contribution in [-0.2, 0) is 11.3 Å². The van der Waals surface area contributed by atoms with E-state index in [1.807, 2.05) is 0 Å². The molecule has 0 atom stereocenters. The quantitative estimate of drug-likeness (QED) is 0.673. The predicted molar refractivity (Wildman–Crippen MR) is 42.2 cm³/mol. The third-order valence-corrected chi connectivity index (χ3v) is 1.36. The summed E-state index contributed by atoms with van der Waals surface area (Å²) in [5, 5.41) is 0. The zero-order chi connectivity index (χ0) is 8.97. The Morgan fingerprint density at radius 3 is 2.75 bits per heavy atom. The first-order chi connectivity index (χ1) is 5.77. The topological polar surface area (TPSA) is 48.7 Å². The van der Waals surface area contributed by atoms with Crippen LogP contribution in [0.15, 0.2) is 21.5 Å². The summed E-state index contributed by atoms with van der Waals surface area (Å²) in [4.78, 5) is 11.1. The lowest BCUT2D eigenvalue weighted by atomic mass is 10.4. The molecule has 4 nitrogen and oxygen atoms in total. The summed E-state index contributed by atoms with van der Waals surface area (Å²) in [7, 11) is 2.95. The lowest BCUT2D eigenvalue weighted by Crippen LogP contribution is -2.05. The van der Waals surface area contributed by atoms with E-state index >= 15 is 0 Å². The Morgan fingerprint density at radius 1 is 1.50 bits per heavy atom. The van der Waals surface area contributed by atoms with E-state index in [2.05, 4.69) is 0 Å². The van der Waals surface area contributed by atoms with Crippen molar-refractivity contribution in [3.63, 3.8) is 0 Å². The van der Waals surface area contributed by atoms with E-state index in [0.29, 0.717) is 12.4 Å². The number of ether oxygens (including phenoxy) is 2. The second-order valence-corrected chi connectivity index (χ2v) is 2.21. The lowest BCUT2D eigenvalue weighted by molar-refractivity contribution is 0.161. The summed E-state index contributed by atoms with van der Waals surface area (Å²) in [5.74, 6) is 0.693. The van der Waals surface area contributed by atoms with Crippen LogP contribution in [0.2, 0.25) is 0 Å². The minimum absolute atomic E-state index is 0.198. The molecule has 0 fully saturated rings. The molecule has 0 aromatic carbocycles. The van der Waals surface area contributed by atoms with Crippen molar-refractivity contribution in [3.05, 3.63) is 28.3 Å². The van der Waals surface area contributed by atoms with Gasteiger partial charge in [-0.1, -0.05) is 0 Å². The molecule has 1 heterocycles. The molecule has 0 saturated heterocycles. The predicted octanol–water partition coefficient (Wildman–Crippen LogP) is 0.795. The molecular weight excluding hydrogens is 160 g/mol. The van der Waals surface area contributed by atoms with Gasteiger partial charge in [-0.05, 0) is 0 Å². The van der Waals surface area contributed by atoms with Gasteiger partial charge >= 0.3 is 0 Å². The summed E-state index contributed by atoms with van der Waals surface area (Å²) >= 11 is 0. The molecule has 0 amide bonds. The standard InChI is InChI=1S/C8H10O4/c1-10-4-6-3-7(9)8(11-2)5-12-6/h3,5H,4H2,1-2H3. The Balaban J connectivity index is 2.94. The Labute approximate surface area is 69.7 Å². The maximum Gasteiger partial charge on any atom is 0.227 e. The van der Waals surface area contributed by atoms with E-state index in [4.69, 9.17) is 13.9 Å². The van der Waals surface area contributed by atoms with Gasteiger partial charge in [0.25, 0.3) is 0 Å². The molecule has 0 aliphatic rings. The summed E-state index contributed by atoms with van der Waals surface area (Å²) in [6.45, 7) is 0.291. The van der Waals surface area contributed by atoms with Crippen LogP contribution in [-0.4, -0.2) is 14.2 Å². The second-order valence-electron chi connectivity index (χ2n) is 2.21. The van der Waals surface area contributed by atoms with E-state index in [1.54, 1.807) is 0 Å². The van der Waals surface area contributed by atoms with Gasteiger partial charge in [-0.15, -0.1) is 0 Å². The van der Waals surface area contributed by atoms with Crippen LogP contribution >= 0.6 is 0 Å². The highest BCUT2D eigenvalue weighted by Gasteiger charge is 2.01. The second kappa shape index (κ2) is 3.92. The van der Waals surface area contributed by atoms with Gasteiger partial charge < -0.3 is 13.9 Å². The molecule has 1 aromatic heterocycles. The molecule has 0 aliphatic carbocycles. The fourth-order valence-electron chi connectivity index (χ4n) is 0.805. The molecule has 0 unspecified atom stereocenters.